The number of nitrogens with one attached hydrogen (secondary N) is 3. The number of aliphatic imine (C=N–C) groups is 1. The summed E-state index contributed by atoms with van der Waals surface area (Å²) in [7, 11) is 0. The maximum absolute atomic E-state index is 11.7. The van der Waals surface area contributed by atoms with Crippen molar-refractivity contribution in [2.75, 3.05) is 19.9 Å². The number of carbonyl (C=O) groups is 1. The summed E-state index contributed by atoms with van der Waals surface area (Å²) in [6, 6.07) is 6.14. The minimum absolute atomic E-state index is 0.00109. The van der Waals surface area contributed by atoms with Gasteiger partial charge in [-0.1, -0.05) is 6.07 Å². The van der Waals surface area contributed by atoms with Gasteiger partial charge in [0, 0.05) is 12.6 Å². The highest BCUT2D eigenvalue weighted by Crippen LogP contribution is 2.32. The van der Waals surface area contributed by atoms with Crippen molar-refractivity contribution < 1.29 is 14.3 Å². The van der Waals surface area contributed by atoms with E-state index in [9.17, 15) is 4.79 Å². The molecule has 1 aromatic carbocycles. The summed E-state index contributed by atoms with van der Waals surface area (Å²) in [4.78, 5) is 16.2. The fraction of sp³-hybridized carbons (Fsp3) is 0.500. The number of benzene rings is 1. The van der Waals surface area contributed by atoms with Crippen molar-refractivity contribution in [2.24, 2.45) is 4.99 Å². The molecule has 0 unspecified atom stereocenters. The minimum Gasteiger partial charge on any atom is -0.454 e. The van der Waals surface area contributed by atoms with Gasteiger partial charge in [0.2, 0.25) is 12.7 Å². The summed E-state index contributed by atoms with van der Waals surface area (Å²) in [5.74, 6) is 2.14. The quantitative estimate of drug-likeness (QED) is 0.532. The molecule has 1 aliphatic heterocycles. The van der Waals surface area contributed by atoms with Crippen LogP contribution in [0.1, 0.15) is 25.3 Å². The van der Waals surface area contributed by atoms with Crippen molar-refractivity contribution in [3.05, 3.63) is 23.8 Å². The van der Waals surface area contributed by atoms with Gasteiger partial charge in [-0.25, -0.2) is 4.99 Å². The molecule has 1 fully saturated rings. The molecule has 124 valence electrons. The monoisotopic (exact) mass is 318 g/mol. The number of carbonyl (C=O) groups excluding carboxylic acids is 1. The Bertz CT molecular complexity index is 599. The van der Waals surface area contributed by atoms with Crippen LogP contribution < -0.4 is 25.4 Å². The number of hydrogen-bond donors (Lipinski definition) is 3. The molecule has 23 heavy (non-hydrogen) atoms. The molecule has 0 bridgehead atoms. The zero-order chi connectivity index (χ0) is 16.1. The van der Waals surface area contributed by atoms with Crippen molar-refractivity contribution in [3.63, 3.8) is 0 Å². The molecule has 1 heterocycles. The van der Waals surface area contributed by atoms with Crippen molar-refractivity contribution >= 4 is 11.9 Å². The van der Waals surface area contributed by atoms with Crippen LogP contribution in [-0.4, -0.2) is 37.8 Å². The largest absolute Gasteiger partial charge is 0.454 e. The highest BCUT2D eigenvalue weighted by molar-refractivity contribution is 5.86. The third-order valence-electron chi connectivity index (χ3n) is 3.56. The molecule has 0 radical (unpaired) electrons. The van der Waals surface area contributed by atoms with Crippen LogP contribution in [0.15, 0.2) is 23.2 Å². The summed E-state index contributed by atoms with van der Waals surface area (Å²) in [6.07, 6.45) is 2.17. The van der Waals surface area contributed by atoms with Crippen LogP contribution in [-0.2, 0) is 11.3 Å². The lowest BCUT2D eigenvalue weighted by Crippen LogP contribution is -2.43. The average molecular weight is 318 g/mol. The lowest BCUT2D eigenvalue weighted by atomic mass is 10.2. The standard InChI is InChI=1S/C16H22N4O3/c1-2-17-16(19-9-15(21)20-12-4-5-12)18-8-11-3-6-13-14(7-11)23-10-22-13/h3,6-7,12H,2,4-5,8-10H2,1H3,(H,20,21)(H2,17,18,19). The van der Waals surface area contributed by atoms with Crippen LogP contribution in [0.2, 0.25) is 0 Å². The molecule has 2 aliphatic rings. The molecular formula is C16H22N4O3. The Kier molecular flexibility index (Phi) is 4.85. The summed E-state index contributed by atoms with van der Waals surface area (Å²) in [5.41, 5.74) is 1.02. The van der Waals surface area contributed by atoms with E-state index < -0.39 is 0 Å². The van der Waals surface area contributed by atoms with Gasteiger partial charge in [0.15, 0.2) is 17.5 Å². The second kappa shape index (κ2) is 7.21. The second-order valence-electron chi connectivity index (χ2n) is 5.58. The van der Waals surface area contributed by atoms with E-state index in [0.29, 0.717) is 18.5 Å². The number of fused-ring (bicyclic) bond motifs is 1. The number of hydrogen-bond acceptors (Lipinski definition) is 4. The Morgan fingerprint density at radius 1 is 1.26 bits per heavy atom. The first-order valence-electron chi connectivity index (χ1n) is 7.94. The molecular weight excluding hydrogens is 296 g/mol. The highest BCUT2D eigenvalue weighted by atomic mass is 16.7. The molecule has 7 nitrogen and oxygen atoms in total. The fourth-order valence-corrected chi connectivity index (χ4v) is 2.22. The number of rotatable bonds is 6. The van der Waals surface area contributed by atoms with E-state index in [1.807, 2.05) is 25.1 Å². The fourth-order valence-electron chi connectivity index (χ4n) is 2.22. The summed E-state index contributed by atoms with van der Waals surface area (Å²) in [6.45, 7) is 3.71. The maximum atomic E-state index is 11.7. The first kappa shape index (κ1) is 15.5. The number of nitrogens with zero attached hydrogens (tertiary/aromatic N) is 1. The predicted octanol–water partition coefficient (Wildman–Crippen LogP) is 0.749. The van der Waals surface area contributed by atoms with Crippen LogP contribution in [0.5, 0.6) is 11.5 Å². The first-order chi connectivity index (χ1) is 11.2. The van der Waals surface area contributed by atoms with Crippen molar-refractivity contribution in [1.29, 1.82) is 0 Å². The molecule has 0 aromatic heterocycles. The van der Waals surface area contributed by atoms with Gasteiger partial charge in [-0.2, -0.15) is 0 Å². The van der Waals surface area contributed by atoms with Gasteiger partial charge in [0.05, 0.1) is 13.1 Å². The van der Waals surface area contributed by atoms with Gasteiger partial charge in [-0.05, 0) is 37.5 Å². The van der Waals surface area contributed by atoms with Crippen LogP contribution in [0, 0.1) is 0 Å². The van der Waals surface area contributed by atoms with E-state index in [2.05, 4.69) is 20.9 Å². The summed E-state index contributed by atoms with van der Waals surface area (Å²) < 4.78 is 10.7. The highest BCUT2D eigenvalue weighted by Gasteiger charge is 2.23. The van der Waals surface area contributed by atoms with E-state index in [1.165, 1.54) is 0 Å². The Morgan fingerprint density at radius 2 is 2.09 bits per heavy atom. The molecule has 1 aromatic rings. The number of guanidine groups is 1. The van der Waals surface area contributed by atoms with Crippen LogP contribution in [0.3, 0.4) is 0 Å². The van der Waals surface area contributed by atoms with Gasteiger partial charge >= 0.3 is 0 Å². The number of ether oxygens (including phenoxy) is 2. The predicted molar refractivity (Wildman–Crippen MR) is 86.5 cm³/mol. The van der Waals surface area contributed by atoms with Gasteiger partial charge in [-0.3, -0.25) is 4.79 Å². The molecule has 1 amide bonds. The van der Waals surface area contributed by atoms with E-state index in [4.69, 9.17) is 9.47 Å². The van der Waals surface area contributed by atoms with E-state index >= 15 is 0 Å². The lowest BCUT2D eigenvalue weighted by Gasteiger charge is -2.11. The third-order valence-corrected chi connectivity index (χ3v) is 3.56. The minimum atomic E-state index is 0.00109. The van der Waals surface area contributed by atoms with Crippen molar-refractivity contribution in [3.8, 4) is 11.5 Å². The third kappa shape index (κ3) is 4.51. The first-order valence-corrected chi connectivity index (χ1v) is 7.94. The molecule has 1 aliphatic carbocycles. The molecule has 3 N–H and O–H groups in total. The Labute approximate surface area is 135 Å². The Balaban J connectivity index is 1.53. The Morgan fingerprint density at radius 3 is 2.87 bits per heavy atom. The van der Waals surface area contributed by atoms with E-state index in [1.54, 1.807) is 0 Å². The van der Waals surface area contributed by atoms with E-state index in [-0.39, 0.29) is 19.2 Å². The van der Waals surface area contributed by atoms with Gasteiger partial charge < -0.3 is 25.4 Å². The summed E-state index contributed by atoms with van der Waals surface area (Å²) in [5, 5.41) is 9.12. The maximum Gasteiger partial charge on any atom is 0.239 e. The Hall–Kier alpha value is -2.44. The summed E-state index contributed by atoms with van der Waals surface area (Å²) >= 11 is 0. The normalized spacial score (nSPS) is 16.1. The molecule has 0 spiro atoms. The topological polar surface area (TPSA) is 84.0 Å². The molecule has 0 saturated heterocycles. The molecule has 3 rings (SSSR count). The number of amides is 1. The van der Waals surface area contributed by atoms with Crippen LogP contribution in [0.25, 0.3) is 0 Å². The SMILES string of the molecule is CCNC(=NCc1ccc2c(c1)OCO2)NCC(=O)NC1CC1. The molecule has 0 atom stereocenters. The zero-order valence-electron chi connectivity index (χ0n) is 13.2. The molecule has 7 heteroatoms. The zero-order valence-corrected chi connectivity index (χ0v) is 13.2. The van der Waals surface area contributed by atoms with Crippen LogP contribution >= 0.6 is 0 Å². The van der Waals surface area contributed by atoms with Crippen LogP contribution in [0.4, 0.5) is 0 Å². The molecule has 1 saturated carbocycles. The average Bonchev–Trinajstić information content (AvgIpc) is 3.23. The van der Waals surface area contributed by atoms with Gasteiger partial charge in [-0.15, -0.1) is 0 Å². The van der Waals surface area contributed by atoms with Crippen molar-refractivity contribution in [1.82, 2.24) is 16.0 Å². The van der Waals surface area contributed by atoms with E-state index in [0.717, 1.165) is 36.4 Å². The van der Waals surface area contributed by atoms with Gasteiger partial charge in [0.25, 0.3) is 0 Å². The lowest BCUT2D eigenvalue weighted by molar-refractivity contribution is -0.120. The smallest absolute Gasteiger partial charge is 0.239 e. The second-order valence-corrected chi connectivity index (χ2v) is 5.58. The van der Waals surface area contributed by atoms with Gasteiger partial charge in [0.1, 0.15) is 0 Å². The van der Waals surface area contributed by atoms with Crippen molar-refractivity contribution in [2.45, 2.75) is 32.4 Å².